The lowest BCUT2D eigenvalue weighted by Gasteiger charge is -2.12. The van der Waals surface area contributed by atoms with Crippen LogP contribution >= 0.6 is 0 Å². The van der Waals surface area contributed by atoms with E-state index in [2.05, 4.69) is 26.0 Å². The lowest BCUT2D eigenvalue weighted by Crippen LogP contribution is -2.10. The largest absolute Gasteiger partial charge is 0.490 e. The average Bonchev–Trinajstić information content (AvgIpc) is 2.65. The number of fused-ring (bicyclic) bond motifs is 1. The van der Waals surface area contributed by atoms with Gasteiger partial charge in [-0.1, -0.05) is 56.3 Å². The molecule has 3 heteroatoms. The molecule has 0 heterocycles. The normalized spacial score (nSPS) is 10.8. The number of benzene rings is 3. The van der Waals surface area contributed by atoms with Gasteiger partial charge in [0.05, 0.1) is 5.56 Å². The zero-order valence-corrected chi connectivity index (χ0v) is 14.6. The zero-order chi connectivity index (χ0) is 17.6. The first-order valence-corrected chi connectivity index (χ1v) is 8.51. The molecule has 0 saturated carbocycles. The topological polar surface area (TPSA) is 35.5 Å². The number of aldehydes is 1. The van der Waals surface area contributed by atoms with Crippen molar-refractivity contribution in [3.8, 4) is 11.5 Å². The molecule has 25 heavy (non-hydrogen) atoms. The highest BCUT2D eigenvalue weighted by Gasteiger charge is 2.08. The standard InChI is InChI=1S/C22H22O3/c1-16(2)17-7-10-19(11-8-17)24-13-14-25-22-12-9-18-5-3-4-6-20(18)21(22)15-23/h3-12,15-16H,13-14H2,1-2H3. The second kappa shape index (κ2) is 7.84. The second-order valence-electron chi connectivity index (χ2n) is 6.24. The van der Waals surface area contributed by atoms with Crippen LogP contribution in [0.15, 0.2) is 60.7 Å². The van der Waals surface area contributed by atoms with Crippen molar-refractivity contribution in [2.75, 3.05) is 13.2 Å². The minimum absolute atomic E-state index is 0.380. The first-order valence-electron chi connectivity index (χ1n) is 8.51. The van der Waals surface area contributed by atoms with Gasteiger partial charge in [-0.2, -0.15) is 0 Å². The van der Waals surface area contributed by atoms with Crippen LogP contribution in [0, 0.1) is 0 Å². The third kappa shape index (κ3) is 4.00. The minimum atomic E-state index is 0.380. The van der Waals surface area contributed by atoms with Crippen molar-refractivity contribution in [3.05, 3.63) is 71.8 Å². The van der Waals surface area contributed by atoms with Gasteiger partial charge in [0.2, 0.25) is 0 Å². The molecule has 0 aromatic heterocycles. The summed E-state index contributed by atoms with van der Waals surface area (Å²) in [6, 6.07) is 19.7. The Hall–Kier alpha value is -2.81. The molecule has 3 aromatic rings. The van der Waals surface area contributed by atoms with Crippen LogP contribution in [0.3, 0.4) is 0 Å². The van der Waals surface area contributed by atoms with E-state index in [9.17, 15) is 4.79 Å². The summed E-state index contributed by atoms with van der Waals surface area (Å²) < 4.78 is 11.5. The van der Waals surface area contributed by atoms with E-state index in [0.29, 0.717) is 30.4 Å². The third-order valence-corrected chi connectivity index (χ3v) is 4.20. The molecule has 128 valence electrons. The van der Waals surface area contributed by atoms with E-state index >= 15 is 0 Å². The maximum absolute atomic E-state index is 11.5. The second-order valence-corrected chi connectivity index (χ2v) is 6.24. The summed E-state index contributed by atoms with van der Waals surface area (Å²) in [4.78, 5) is 11.5. The number of hydrogen-bond acceptors (Lipinski definition) is 3. The molecule has 0 atom stereocenters. The van der Waals surface area contributed by atoms with E-state index in [4.69, 9.17) is 9.47 Å². The molecule has 0 amide bonds. The Kier molecular flexibility index (Phi) is 5.34. The van der Waals surface area contributed by atoms with Gasteiger partial charge < -0.3 is 9.47 Å². The number of carbonyl (C=O) groups is 1. The maximum atomic E-state index is 11.5. The molecular formula is C22H22O3. The fourth-order valence-electron chi connectivity index (χ4n) is 2.78. The van der Waals surface area contributed by atoms with Crippen molar-refractivity contribution in [1.29, 1.82) is 0 Å². The van der Waals surface area contributed by atoms with Gasteiger partial charge in [-0.05, 0) is 40.5 Å². The SMILES string of the molecule is CC(C)c1ccc(OCCOc2ccc3ccccc3c2C=O)cc1. The third-order valence-electron chi connectivity index (χ3n) is 4.20. The molecule has 3 rings (SSSR count). The molecule has 3 aromatic carbocycles. The molecule has 0 aliphatic rings. The lowest BCUT2D eigenvalue weighted by molar-refractivity contribution is 0.112. The van der Waals surface area contributed by atoms with Crippen LogP contribution in [0.25, 0.3) is 10.8 Å². The van der Waals surface area contributed by atoms with Crippen LogP contribution in [0.1, 0.15) is 35.7 Å². The van der Waals surface area contributed by atoms with Gasteiger partial charge in [0.1, 0.15) is 24.7 Å². The Morgan fingerprint density at radius 1 is 0.880 bits per heavy atom. The predicted molar refractivity (Wildman–Crippen MR) is 101 cm³/mol. The van der Waals surface area contributed by atoms with Crippen molar-refractivity contribution >= 4 is 17.1 Å². The quantitative estimate of drug-likeness (QED) is 0.438. The van der Waals surface area contributed by atoms with Crippen LogP contribution in [0.4, 0.5) is 0 Å². The van der Waals surface area contributed by atoms with Gasteiger partial charge in [-0.25, -0.2) is 0 Å². The van der Waals surface area contributed by atoms with E-state index in [-0.39, 0.29) is 0 Å². The lowest BCUT2D eigenvalue weighted by atomic mass is 10.0. The Bertz CT molecular complexity index is 851. The van der Waals surface area contributed by atoms with Crippen molar-refractivity contribution in [2.45, 2.75) is 19.8 Å². The number of hydrogen-bond donors (Lipinski definition) is 0. The molecule has 0 N–H and O–H groups in total. The number of carbonyl (C=O) groups excluding carboxylic acids is 1. The van der Waals surface area contributed by atoms with Crippen molar-refractivity contribution in [3.63, 3.8) is 0 Å². The van der Waals surface area contributed by atoms with Crippen LogP contribution in [0.5, 0.6) is 11.5 Å². The van der Waals surface area contributed by atoms with Crippen LogP contribution < -0.4 is 9.47 Å². The van der Waals surface area contributed by atoms with Crippen LogP contribution in [-0.4, -0.2) is 19.5 Å². The summed E-state index contributed by atoms with van der Waals surface area (Å²) >= 11 is 0. The summed E-state index contributed by atoms with van der Waals surface area (Å²) in [7, 11) is 0. The van der Waals surface area contributed by atoms with Crippen LogP contribution in [-0.2, 0) is 0 Å². The van der Waals surface area contributed by atoms with Gasteiger partial charge in [-0.3, -0.25) is 4.79 Å². The Balaban J connectivity index is 1.60. The smallest absolute Gasteiger partial charge is 0.154 e. The van der Waals surface area contributed by atoms with Crippen molar-refractivity contribution in [1.82, 2.24) is 0 Å². The van der Waals surface area contributed by atoms with E-state index in [1.807, 2.05) is 48.5 Å². The first-order chi connectivity index (χ1) is 12.2. The molecule has 0 aliphatic heterocycles. The van der Waals surface area contributed by atoms with E-state index in [0.717, 1.165) is 22.8 Å². The molecule has 0 aliphatic carbocycles. The molecule has 0 spiro atoms. The summed E-state index contributed by atoms with van der Waals surface area (Å²) in [5, 5.41) is 1.93. The minimum Gasteiger partial charge on any atom is -0.490 e. The monoisotopic (exact) mass is 334 g/mol. The van der Waals surface area contributed by atoms with Gasteiger partial charge >= 0.3 is 0 Å². The summed E-state index contributed by atoms with van der Waals surface area (Å²) in [6.45, 7) is 5.13. The fourth-order valence-corrected chi connectivity index (χ4v) is 2.78. The zero-order valence-electron chi connectivity index (χ0n) is 14.6. The first kappa shape index (κ1) is 17.0. The number of ether oxygens (including phenoxy) is 2. The summed E-state index contributed by atoms with van der Waals surface area (Å²) in [5.41, 5.74) is 1.87. The highest BCUT2D eigenvalue weighted by molar-refractivity contribution is 6.00. The summed E-state index contributed by atoms with van der Waals surface area (Å²) in [5.74, 6) is 1.92. The van der Waals surface area contributed by atoms with Gasteiger partial charge in [0.25, 0.3) is 0 Å². The maximum Gasteiger partial charge on any atom is 0.154 e. The predicted octanol–water partition coefficient (Wildman–Crippen LogP) is 5.23. The molecule has 0 radical (unpaired) electrons. The molecule has 0 saturated heterocycles. The Morgan fingerprint density at radius 3 is 2.32 bits per heavy atom. The highest BCUT2D eigenvalue weighted by atomic mass is 16.5. The van der Waals surface area contributed by atoms with Crippen molar-refractivity contribution < 1.29 is 14.3 Å². The molecule has 0 unspecified atom stereocenters. The average molecular weight is 334 g/mol. The molecule has 0 fully saturated rings. The van der Waals surface area contributed by atoms with E-state index in [1.165, 1.54) is 5.56 Å². The molecular weight excluding hydrogens is 312 g/mol. The fraction of sp³-hybridized carbons (Fsp3) is 0.227. The van der Waals surface area contributed by atoms with Crippen molar-refractivity contribution in [2.24, 2.45) is 0 Å². The van der Waals surface area contributed by atoms with Gasteiger partial charge in [0, 0.05) is 0 Å². The molecule has 0 bridgehead atoms. The Labute approximate surface area is 148 Å². The summed E-state index contributed by atoms with van der Waals surface area (Å²) in [6.07, 6.45) is 0.850. The van der Waals surface area contributed by atoms with E-state index < -0.39 is 0 Å². The highest BCUT2D eigenvalue weighted by Crippen LogP contribution is 2.26. The van der Waals surface area contributed by atoms with Crippen LogP contribution in [0.2, 0.25) is 0 Å². The Morgan fingerprint density at radius 2 is 1.60 bits per heavy atom. The van der Waals surface area contributed by atoms with Gasteiger partial charge in [0.15, 0.2) is 6.29 Å². The number of rotatable bonds is 7. The van der Waals surface area contributed by atoms with Gasteiger partial charge in [-0.15, -0.1) is 0 Å². The molecule has 3 nitrogen and oxygen atoms in total. The van der Waals surface area contributed by atoms with E-state index in [1.54, 1.807) is 0 Å².